The van der Waals surface area contributed by atoms with E-state index in [0.717, 1.165) is 45.6 Å². The van der Waals surface area contributed by atoms with Gasteiger partial charge in [0, 0.05) is 51.4 Å². The number of anilines is 1. The van der Waals surface area contributed by atoms with E-state index in [4.69, 9.17) is 0 Å². The highest BCUT2D eigenvalue weighted by molar-refractivity contribution is 5.94. The maximum Gasteiger partial charge on any atom is 0.245 e. The number of carbonyl (C=O) groups is 2. The maximum absolute atomic E-state index is 12.9. The fourth-order valence-corrected chi connectivity index (χ4v) is 4.89. The van der Waals surface area contributed by atoms with Crippen LogP contribution in [-0.2, 0) is 9.59 Å². The number of carbonyl (C=O) groups excluding carboxylic acids is 2. The van der Waals surface area contributed by atoms with Crippen molar-refractivity contribution >= 4 is 17.5 Å². The molecule has 1 aromatic carbocycles. The van der Waals surface area contributed by atoms with Crippen molar-refractivity contribution in [3.8, 4) is 0 Å². The summed E-state index contributed by atoms with van der Waals surface area (Å²) in [5.41, 5.74) is 3.30. The number of likely N-dealkylation sites (tertiary alicyclic amines) is 1. The van der Waals surface area contributed by atoms with Crippen LogP contribution < -0.4 is 10.2 Å². The van der Waals surface area contributed by atoms with Crippen LogP contribution in [0.25, 0.3) is 0 Å². The monoisotopic (exact) mass is 442 g/mol. The molecule has 178 valence electrons. The Balaban J connectivity index is 1.46. The predicted octanol–water partition coefficient (Wildman–Crippen LogP) is 3.36. The molecular formula is C26H42N4O2. The second kappa shape index (κ2) is 10.7. The van der Waals surface area contributed by atoms with Gasteiger partial charge in [-0.15, -0.1) is 0 Å². The molecule has 2 heterocycles. The number of nitrogens with one attached hydrogen (secondary N) is 1. The molecule has 0 saturated carbocycles. The number of piperazine rings is 1. The summed E-state index contributed by atoms with van der Waals surface area (Å²) >= 11 is 0. The van der Waals surface area contributed by atoms with E-state index in [2.05, 4.69) is 61.0 Å². The Hall–Kier alpha value is -2.08. The summed E-state index contributed by atoms with van der Waals surface area (Å²) in [7, 11) is 0. The van der Waals surface area contributed by atoms with Crippen molar-refractivity contribution in [3.63, 3.8) is 0 Å². The zero-order valence-corrected chi connectivity index (χ0v) is 20.7. The van der Waals surface area contributed by atoms with Crippen molar-refractivity contribution in [3.05, 3.63) is 29.3 Å². The Kier molecular flexibility index (Phi) is 8.21. The van der Waals surface area contributed by atoms with E-state index in [9.17, 15) is 9.59 Å². The van der Waals surface area contributed by atoms with Crippen LogP contribution >= 0.6 is 0 Å². The fraction of sp³-hybridized carbons (Fsp3) is 0.692. The lowest BCUT2D eigenvalue weighted by Crippen LogP contribution is -2.55. The second-order valence-corrected chi connectivity index (χ2v) is 10.2. The zero-order valence-electron chi connectivity index (χ0n) is 20.7. The summed E-state index contributed by atoms with van der Waals surface area (Å²) in [6.45, 7) is 17.0. The summed E-state index contributed by atoms with van der Waals surface area (Å²) in [5, 5.41) is 3.07. The molecule has 2 saturated heterocycles. The lowest BCUT2D eigenvalue weighted by molar-refractivity contribution is -0.140. The molecule has 0 unspecified atom stereocenters. The van der Waals surface area contributed by atoms with E-state index in [1.807, 2.05) is 11.8 Å². The molecule has 2 amide bonds. The van der Waals surface area contributed by atoms with Crippen molar-refractivity contribution < 1.29 is 9.59 Å². The molecule has 2 aliphatic heterocycles. The van der Waals surface area contributed by atoms with Gasteiger partial charge in [-0.3, -0.25) is 14.5 Å². The van der Waals surface area contributed by atoms with Crippen LogP contribution in [0.15, 0.2) is 18.2 Å². The van der Waals surface area contributed by atoms with Crippen LogP contribution in [0.4, 0.5) is 5.69 Å². The number of amides is 2. The van der Waals surface area contributed by atoms with Crippen LogP contribution in [0.2, 0.25) is 0 Å². The third kappa shape index (κ3) is 5.83. The maximum atomic E-state index is 12.9. The second-order valence-electron chi connectivity index (χ2n) is 10.2. The number of nitrogens with zero attached hydrogens (tertiary/aromatic N) is 3. The van der Waals surface area contributed by atoms with Crippen molar-refractivity contribution in [2.24, 2.45) is 5.92 Å². The van der Waals surface area contributed by atoms with Gasteiger partial charge in [-0.05, 0) is 69.7 Å². The van der Waals surface area contributed by atoms with Crippen molar-refractivity contribution in [2.45, 2.75) is 65.8 Å². The number of rotatable bonds is 9. The van der Waals surface area contributed by atoms with Gasteiger partial charge in [-0.2, -0.15) is 0 Å². The summed E-state index contributed by atoms with van der Waals surface area (Å²) < 4.78 is 0. The van der Waals surface area contributed by atoms with Gasteiger partial charge in [0.05, 0.1) is 0 Å². The lowest BCUT2D eigenvalue weighted by atomic mass is 9.97. The smallest absolute Gasteiger partial charge is 0.245 e. The number of hydrogen-bond donors (Lipinski definition) is 1. The first-order valence-corrected chi connectivity index (χ1v) is 12.3. The normalized spacial score (nSPS) is 22.1. The van der Waals surface area contributed by atoms with E-state index >= 15 is 0 Å². The molecule has 1 atom stereocenters. The SMILES string of the molecule is Cc1ccc(C)c(N2CCN(CCCN3C(=O)CC[C@@]3(C)C(=O)NCCC(C)C)CC2)c1. The van der Waals surface area contributed by atoms with E-state index in [1.165, 1.54) is 16.8 Å². The minimum absolute atomic E-state index is 0.00568. The topological polar surface area (TPSA) is 55.9 Å². The van der Waals surface area contributed by atoms with Gasteiger partial charge in [-0.25, -0.2) is 0 Å². The minimum atomic E-state index is -0.699. The van der Waals surface area contributed by atoms with Gasteiger partial charge in [0.25, 0.3) is 0 Å². The van der Waals surface area contributed by atoms with Crippen molar-refractivity contribution in [2.75, 3.05) is 50.7 Å². The molecule has 1 N–H and O–H groups in total. The standard InChI is InChI=1S/C26H42N4O2/c1-20(2)10-12-27-25(32)26(5)11-9-24(31)30(26)14-6-13-28-15-17-29(18-16-28)23-19-21(3)7-8-22(23)4/h7-8,19-20H,6,9-18H2,1-5H3,(H,27,32)/t26-/m0/s1. The first-order chi connectivity index (χ1) is 15.2. The summed E-state index contributed by atoms with van der Waals surface area (Å²) in [6, 6.07) is 6.67. The van der Waals surface area contributed by atoms with Gasteiger partial charge in [0.1, 0.15) is 5.54 Å². The summed E-state index contributed by atoms with van der Waals surface area (Å²) in [4.78, 5) is 32.2. The highest BCUT2D eigenvalue weighted by Gasteiger charge is 2.46. The highest BCUT2D eigenvalue weighted by Crippen LogP contribution is 2.30. The van der Waals surface area contributed by atoms with Gasteiger partial charge in [0.15, 0.2) is 0 Å². The number of benzene rings is 1. The third-order valence-corrected chi connectivity index (χ3v) is 7.15. The zero-order chi connectivity index (χ0) is 23.3. The molecule has 2 fully saturated rings. The molecule has 6 nitrogen and oxygen atoms in total. The van der Waals surface area contributed by atoms with Gasteiger partial charge in [0.2, 0.25) is 11.8 Å². The molecule has 0 aliphatic carbocycles. The third-order valence-electron chi connectivity index (χ3n) is 7.15. The largest absolute Gasteiger partial charge is 0.369 e. The number of aryl methyl sites for hydroxylation is 2. The molecule has 32 heavy (non-hydrogen) atoms. The summed E-state index contributed by atoms with van der Waals surface area (Å²) in [6.07, 6.45) is 2.96. The van der Waals surface area contributed by atoms with Crippen LogP contribution in [0, 0.1) is 19.8 Å². The molecule has 2 aliphatic rings. The molecule has 0 bridgehead atoms. The van der Waals surface area contributed by atoms with Crippen molar-refractivity contribution in [1.82, 2.24) is 15.1 Å². The average molecular weight is 443 g/mol. The van der Waals surface area contributed by atoms with Crippen LogP contribution in [0.1, 0.15) is 57.6 Å². The number of hydrogen-bond acceptors (Lipinski definition) is 4. The van der Waals surface area contributed by atoms with Crippen LogP contribution in [0.5, 0.6) is 0 Å². The molecule has 1 aromatic rings. The van der Waals surface area contributed by atoms with E-state index in [1.54, 1.807) is 0 Å². The van der Waals surface area contributed by atoms with E-state index in [-0.39, 0.29) is 11.8 Å². The summed E-state index contributed by atoms with van der Waals surface area (Å²) in [5.74, 6) is 0.678. The van der Waals surface area contributed by atoms with Crippen molar-refractivity contribution in [1.29, 1.82) is 0 Å². The molecule has 6 heteroatoms. The highest BCUT2D eigenvalue weighted by atomic mass is 16.2. The predicted molar refractivity (Wildman–Crippen MR) is 131 cm³/mol. The molecule has 0 aromatic heterocycles. The lowest BCUT2D eigenvalue weighted by Gasteiger charge is -2.38. The van der Waals surface area contributed by atoms with Gasteiger partial charge >= 0.3 is 0 Å². The molecule has 3 rings (SSSR count). The Morgan fingerprint density at radius 2 is 1.84 bits per heavy atom. The van der Waals surface area contributed by atoms with E-state index < -0.39 is 5.54 Å². The average Bonchev–Trinajstić information content (AvgIpc) is 3.05. The quantitative estimate of drug-likeness (QED) is 0.637. The van der Waals surface area contributed by atoms with Gasteiger partial charge in [-0.1, -0.05) is 26.0 Å². The molecule has 0 radical (unpaired) electrons. The van der Waals surface area contributed by atoms with Gasteiger partial charge < -0.3 is 15.1 Å². The first-order valence-electron chi connectivity index (χ1n) is 12.3. The first kappa shape index (κ1) is 24.6. The Bertz CT molecular complexity index is 801. The van der Waals surface area contributed by atoms with Crippen LogP contribution in [-0.4, -0.2) is 73.0 Å². The van der Waals surface area contributed by atoms with E-state index in [0.29, 0.717) is 31.8 Å². The Labute approximate surface area is 194 Å². The Morgan fingerprint density at radius 3 is 2.53 bits per heavy atom. The molecule has 0 spiro atoms. The fourth-order valence-electron chi connectivity index (χ4n) is 4.89. The molecular weight excluding hydrogens is 400 g/mol. The Morgan fingerprint density at radius 1 is 1.12 bits per heavy atom. The van der Waals surface area contributed by atoms with Crippen LogP contribution in [0.3, 0.4) is 0 Å². The minimum Gasteiger partial charge on any atom is -0.369 e.